The standard InChI is InChI=1S/C14H13Br2NO2/c1-18-11-4-5-14(12(16)7-11)19-8-9-2-3-10(15)6-13(9)17/h2-7H,8,17H2,1H3. The van der Waals surface area contributed by atoms with Crippen LogP contribution >= 0.6 is 31.9 Å². The molecule has 0 amide bonds. The maximum absolute atomic E-state index is 5.93. The molecule has 0 spiro atoms. The molecule has 100 valence electrons. The maximum Gasteiger partial charge on any atom is 0.134 e. The van der Waals surface area contributed by atoms with Crippen LogP contribution in [0, 0.1) is 0 Å². The van der Waals surface area contributed by atoms with E-state index in [0.717, 1.165) is 26.0 Å². The van der Waals surface area contributed by atoms with Crippen molar-refractivity contribution in [3.8, 4) is 11.5 Å². The van der Waals surface area contributed by atoms with Gasteiger partial charge in [-0.25, -0.2) is 0 Å². The third kappa shape index (κ3) is 3.64. The van der Waals surface area contributed by atoms with Crippen molar-refractivity contribution in [2.75, 3.05) is 12.8 Å². The summed E-state index contributed by atoms with van der Waals surface area (Å²) in [6.07, 6.45) is 0. The topological polar surface area (TPSA) is 44.5 Å². The highest BCUT2D eigenvalue weighted by molar-refractivity contribution is 9.10. The van der Waals surface area contributed by atoms with E-state index in [2.05, 4.69) is 31.9 Å². The van der Waals surface area contributed by atoms with Gasteiger partial charge in [0.15, 0.2) is 0 Å². The molecule has 0 aliphatic heterocycles. The molecule has 0 atom stereocenters. The molecule has 0 heterocycles. The molecular formula is C14H13Br2NO2. The Morgan fingerprint density at radius 1 is 1.11 bits per heavy atom. The van der Waals surface area contributed by atoms with Crippen molar-refractivity contribution in [1.82, 2.24) is 0 Å². The fourth-order valence-electron chi connectivity index (χ4n) is 1.58. The number of methoxy groups -OCH3 is 1. The fourth-order valence-corrected chi connectivity index (χ4v) is 2.43. The van der Waals surface area contributed by atoms with Crippen molar-refractivity contribution in [1.29, 1.82) is 0 Å². The van der Waals surface area contributed by atoms with Crippen molar-refractivity contribution in [3.05, 3.63) is 50.9 Å². The predicted octanol–water partition coefficient (Wildman–Crippen LogP) is 4.38. The molecule has 2 aromatic carbocycles. The minimum absolute atomic E-state index is 0.421. The summed E-state index contributed by atoms with van der Waals surface area (Å²) in [4.78, 5) is 0. The zero-order valence-electron chi connectivity index (χ0n) is 10.3. The van der Waals surface area contributed by atoms with Gasteiger partial charge < -0.3 is 15.2 Å². The lowest BCUT2D eigenvalue weighted by Gasteiger charge is -2.11. The van der Waals surface area contributed by atoms with E-state index in [9.17, 15) is 0 Å². The van der Waals surface area contributed by atoms with Gasteiger partial charge in [0.05, 0.1) is 11.6 Å². The number of nitrogens with two attached hydrogens (primary N) is 1. The van der Waals surface area contributed by atoms with Crippen molar-refractivity contribution < 1.29 is 9.47 Å². The van der Waals surface area contributed by atoms with Crippen LogP contribution in [0.1, 0.15) is 5.56 Å². The van der Waals surface area contributed by atoms with Crippen LogP contribution in [0.4, 0.5) is 5.69 Å². The third-order valence-electron chi connectivity index (χ3n) is 2.63. The maximum atomic E-state index is 5.93. The van der Waals surface area contributed by atoms with Crippen LogP contribution in [-0.4, -0.2) is 7.11 Å². The Morgan fingerprint density at radius 3 is 2.53 bits per heavy atom. The number of hydrogen-bond acceptors (Lipinski definition) is 3. The molecule has 0 aromatic heterocycles. The first-order chi connectivity index (χ1) is 9.10. The number of benzene rings is 2. The van der Waals surface area contributed by atoms with Gasteiger partial charge in [-0.05, 0) is 46.3 Å². The van der Waals surface area contributed by atoms with Gasteiger partial charge in [-0.1, -0.05) is 22.0 Å². The van der Waals surface area contributed by atoms with Crippen LogP contribution in [0.2, 0.25) is 0 Å². The molecule has 0 aliphatic rings. The molecule has 2 aromatic rings. The minimum atomic E-state index is 0.421. The summed E-state index contributed by atoms with van der Waals surface area (Å²) in [5, 5.41) is 0. The molecule has 0 unspecified atom stereocenters. The van der Waals surface area contributed by atoms with Crippen LogP contribution in [0.5, 0.6) is 11.5 Å². The first kappa shape index (κ1) is 14.2. The lowest BCUT2D eigenvalue weighted by Crippen LogP contribution is -2.00. The molecule has 0 fully saturated rings. The summed E-state index contributed by atoms with van der Waals surface area (Å²) < 4.78 is 12.7. The summed E-state index contributed by atoms with van der Waals surface area (Å²) in [6, 6.07) is 11.3. The molecule has 2 rings (SSSR count). The van der Waals surface area contributed by atoms with Gasteiger partial charge in [0.1, 0.15) is 18.1 Å². The molecule has 0 aliphatic carbocycles. The average Bonchev–Trinajstić information content (AvgIpc) is 2.39. The molecule has 0 radical (unpaired) electrons. The van der Waals surface area contributed by atoms with E-state index in [-0.39, 0.29) is 0 Å². The van der Waals surface area contributed by atoms with Gasteiger partial charge >= 0.3 is 0 Å². The Hall–Kier alpha value is -1.20. The lowest BCUT2D eigenvalue weighted by atomic mass is 10.2. The summed E-state index contributed by atoms with van der Waals surface area (Å²) in [5.41, 5.74) is 7.58. The van der Waals surface area contributed by atoms with E-state index in [1.165, 1.54) is 0 Å². The largest absolute Gasteiger partial charge is 0.497 e. The highest BCUT2D eigenvalue weighted by Crippen LogP contribution is 2.30. The molecule has 0 bridgehead atoms. The van der Waals surface area contributed by atoms with Crippen LogP contribution < -0.4 is 15.2 Å². The monoisotopic (exact) mass is 385 g/mol. The van der Waals surface area contributed by atoms with Crippen molar-refractivity contribution >= 4 is 37.5 Å². The van der Waals surface area contributed by atoms with Gasteiger partial charge in [-0.15, -0.1) is 0 Å². The van der Waals surface area contributed by atoms with Crippen LogP contribution in [0.3, 0.4) is 0 Å². The molecule has 5 heteroatoms. The van der Waals surface area contributed by atoms with Gasteiger partial charge in [0.25, 0.3) is 0 Å². The number of anilines is 1. The van der Waals surface area contributed by atoms with E-state index >= 15 is 0 Å². The molecule has 0 saturated heterocycles. The highest BCUT2D eigenvalue weighted by Gasteiger charge is 2.05. The number of nitrogen functional groups attached to an aromatic ring is 1. The summed E-state index contributed by atoms with van der Waals surface area (Å²) >= 11 is 6.83. The molecule has 3 nitrogen and oxygen atoms in total. The number of hydrogen-bond donors (Lipinski definition) is 1. The second kappa shape index (κ2) is 6.30. The summed E-state index contributed by atoms with van der Waals surface area (Å²) in [5.74, 6) is 1.53. The first-order valence-electron chi connectivity index (χ1n) is 5.60. The molecule has 19 heavy (non-hydrogen) atoms. The van der Waals surface area contributed by atoms with E-state index in [0.29, 0.717) is 12.3 Å². The molecule has 0 saturated carbocycles. The van der Waals surface area contributed by atoms with E-state index in [4.69, 9.17) is 15.2 Å². The average molecular weight is 387 g/mol. The highest BCUT2D eigenvalue weighted by atomic mass is 79.9. The Labute approximate surface area is 129 Å². The number of ether oxygens (including phenoxy) is 2. The van der Waals surface area contributed by atoms with Crippen molar-refractivity contribution in [2.45, 2.75) is 6.61 Å². The first-order valence-corrected chi connectivity index (χ1v) is 7.19. The number of rotatable bonds is 4. The van der Waals surface area contributed by atoms with Crippen molar-refractivity contribution in [2.24, 2.45) is 0 Å². The van der Waals surface area contributed by atoms with Crippen LogP contribution in [0.15, 0.2) is 45.3 Å². The van der Waals surface area contributed by atoms with E-state index in [1.54, 1.807) is 7.11 Å². The molecule has 2 N–H and O–H groups in total. The minimum Gasteiger partial charge on any atom is -0.497 e. The second-order valence-electron chi connectivity index (χ2n) is 3.93. The smallest absolute Gasteiger partial charge is 0.134 e. The summed E-state index contributed by atoms with van der Waals surface area (Å²) in [7, 11) is 1.63. The van der Waals surface area contributed by atoms with Gasteiger partial charge in [-0.2, -0.15) is 0 Å². The number of halogens is 2. The van der Waals surface area contributed by atoms with E-state index in [1.807, 2.05) is 36.4 Å². The van der Waals surface area contributed by atoms with E-state index < -0.39 is 0 Å². The Balaban J connectivity index is 2.10. The van der Waals surface area contributed by atoms with Crippen LogP contribution in [-0.2, 0) is 6.61 Å². The Bertz CT molecular complexity index is 588. The lowest BCUT2D eigenvalue weighted by molar-refractivity contribution is 0.304. The zero-order chi connectivity index (χ0) is 13.8. The van der Waals surface area contributed by atoms with Crippen LogP contribution in [0.25, 0.3) is 0 Å². The normalized spacial score (nSPS) is 10.3. The predicted molar refractivity (Wildman–Crippen MR) is 83.6 cm³/mol. The SMILES string of the molecule is COc1ccc(OCc2ccc(Br)cc2N)c(Br)c1. The summed E-state index contributed by atoms with van der Waals surface area (Å²) in [6.45, 7) is 0.421. The fraction of sp³-hybridized carbons (Fsp3) is 0.143. The third-order valence-corrected chi connectivity index (χ3v) is 3.74. The van der Waals surface area contributed by atoms with Gasteiger partial charge in [0.2, 0.25) is 0 Å². The van der Waals surface area contributed by atoms with Gasteiger partial charge in [-0.3, -0.25) is 0 Å². The second-order valence-corrected chi connectivity index (χ2v) is 5.70. The zero-order valence-corrected chi connectivity index (χ0v) is 13.5. The Morgan fingerprint density at radius 2 is 1.89 bits per heavy atom. The van der Waals surface area contributed by atoms with Gasteiger partial charge in [0, 0.05) is 15.7 Å². The molecular weight excluding hydrogens is 374 g/mol. The van der Waals surface area contributed by atoms with Crippen molar-refractivity contribution in [3.63, 3.8) is 0 Å². The Kier molecular flexibility index (Phi) is 4.71. The quantitative estimate of drug-likeness (QED) is 0.793.